The predicted molar refractivity (Wildman–Crippen MR) is 51.9 cm³/mol. The summed E-state index contributed by atoms with van der Waals surface area (Å²) < 4.78 is 32.6. The van der Waals surface area contributed by atoms with Crippen LogP contribution in [0.5, 0.6) is 0 Å². The molecule has 0 aliphatic rings. The van der Waals surface area contributed by atoms with Gasteiger partial charge in [0.25, 0.3) is 0 Å². The topological polar surface area (TPSA) is 75.0 Å². The van der Waals surface area contributed by atoms with Crippen molar-refractivity contribution in [2.75, 3.05) is 5.75 Å². The molecule has 82 valence electrons. The van der Waals surface area contributed by atoms with Gasteiger partial charge in [0.15, 0.2) is 0 Å². The van der Waals surface area contributed by atoms with Crippen LogP contribution in [0, 0.1) is 0 Å². The van der Waals surface area contributed by atoms with Crippen molar-refractivity contribution in [3.05, 3.63) is 18.2 Å². The van der Waals surface area contributed by atoms with Gasteiger partial charge in [0.05, 0.1) is 10.1 Å². The Bertz CT molecular complexity index is 379. The van der Waals surface area contributed by atoms with Crippen LogP contribution in [-0.4, -0.2) is 28.3 Å². The van der Waals surface area contributed by atoms with Crippen molar-refractivity contribution < 1.29 is 30.3 Å². The van der Waals surface area contributed by atoms with E-state index in [1.54, 1.807) is 17.0 Å². The molecule has 0 aromatic carbocycles. The Balaban J connectivity index is 0.000000921. The monoisotopic (exact) mass is 302 g/mol. The quantitative estimate of drug-likeness (QED) is 0.602. The predicted octanol–water partition coefficient (Wildman–Crippen LogP) is 0.585. The van der Waals surface area contributed by atoms with E-state index in [2.05, 4.69) is 4.98 Å². The zero-order valence-corrected chi connectivity index (χ0v) is 12.9. The molecule has 5 nitrogen and oxygen atoms in total. The van der Waals surface area contributed by atoms with Crippen LogP contribution in [0.2, 0.25) is 0 Å². The van der Waals surface area contributed by atoms with Crippen molar-refractivity contribution in [1.82, 2.24) is 9.55 Å². The molecular formula is C7H11ClN2O3SZn. The van der Waals surface area contributed by atoms with Gasteiger partial charge in [-0.2, -0.15) is 0 Å². The third kappa shape index (κ3) is 7.00. The van der Waals surface area contributed by atoms with Gasteiger partial charge < -0.3 is 9.12 Å². The van der Waals surface area contributed by atoms with Gasteiger partial charge in [0.2, 0.25) is 0 Å². The first-order valence-electron chi connectivity index (χ1n) is 4.15. The zero-order valence-electron chi connectivity index (χ0n) is 8.39. The van der Waals surface area contributed by atoms with E-state index in [0.717, 1.165) is 23.1 Å². The minimum atomic E-state index is -4.08. The standard InChI is InChI=1S/C7H12N2O3S.ClH.Zn/c1-9-5-4-8-7(9)3-2-6-13(10,11)12;;/h4-5H,2-3,6H2,1H3,(H,10,11,12);1H;/q;;+2/p-2. The molecule has 0 saturated carbocycles. The summed E-state index contributed by atoms with van der Waals surface area (Å²) in [5.74, 6) is 0.475. The number of aromatic nitrogens is 2. The summed E-state index contributed by atoms with van der Waals surface area (Å²) >= 11 is 0.847. The molecule has 0 atom stereocenters. The third-order valence-corrected chi connectivity index (χ3v) is 2.50. The van der Waals surface area contributed by atoms with Gasteiger partial charge in [0.1, 0.15) is 5.82 Å². The average Bonchev–Trinajstić information content (AvgIpc) is 2.53. The Morgan fingerprint density at radius 1 is 1.60 bits per heavy atom. The summed E-state index contributed by atoms with van der Waals surface area (Å²) in [6, 6.07) is 0. The van der Waals surface area contributed by atoms with E-state index in [9.17, 15) is 13.0 Å². The molecule has 1 heterocycles. The molecule has 0 amide bonds. The van der Waals surface area contributed by atoms with Crippen molar-refractivity contribution in [3.8, 4) is 0 Å². The molecule has 0 aliphatic carbocycles. The Morgan fingerprint density at radius 2 is 2.20 bits per heavy atom. The van der Waals surface area contributed by atoms with Crippen LogP contribution in [0.1, 0.15) is 12.2 Å². The summed E-state index contributed by atoms with van der Waals surface area (Å²) in [4.78, 5) is 4.00. The number of imidazole rings is 1. The number of aryl methyl sites for hydroxylation is 2. The van der Waals surface area contributed by atoms with Crippen molar-refractivity contribution >= 4 is 19.8 Å². The van der Waals surface area contributed by atoms with E-state index >= 15 is 0 Å². The summed E-state index contributed by atoms with van der Waals surface area (Å²) in [5.41, 5.74) is 0. The fourth-order valence-electron chi connectivity index (χ4n) is 1.04. The molecule has 0 aliphatic heterocycles. The summed E-state index contributed by atoms with van der Waals surface area (Å²) in [6.07, 6.45) is 4.27. The van der Waals surface area contributed by atoms with Gasteiger partial charge in [-0.3, -0.25) is 0 Å². The third-order valence-electron chi connectivity index (χ3n) is 1.72. The molecule has 0 spiro atoms. The van der Waals surface area contributed by atoms with E-state index < -0.39 is 10.1 Å². The van der Waals surface area contributed by atoms with E-state index in [1.807, 2.05) is 7.05 Å². The molecule has 0 fully saturated rings. The minimum absolute atomic E-state index is 0.320. The number of rotatable bonds is 4. The maximum absolute atomic E-state index is 10.3. The van der Waals surface area contributed by atoms with Gasteiger partial charge in [-0.05, 0) is 6.42 Å². The molecule has 1 rings (SSSR count). The molecule has 1 aromatic heterocycles. The van der Waals surface area contributed by atoms with E-state index in [4.69, 9.17) is 9.69 Å². The van der Waals surface area contributed by atoms with Gasteiger partial charge in [-0.25, -0.2) is 13.4 Å². The molecule has 0 saturated heterocycles. The second-order valence-corrected chi connectivity index (χ2v) is 4.34. The first-order chi connectivity index (χ1) is 6.99. The van der Waals surface area contributed by atoms with Crippen molar-refractivity contribution in [1.29, 1.82) is 0 Å². The van der Waals surface area contributed by atoms with Gasteiger partial charge in [-0.15, -0.1) is 0 Å². The van der Waals surface area contributed by atoms with Crippen molar-refractivity contribution in [2.24, 2.45) is 7.05 Å². The van der Waals surface area contributed by atoms with Crippen molar-refractivity contribution in [3.63, 3.8) is 0 Å². The normalized spacial score (nSPS) is 10.7. The number of halogens is 1. The SMILES string of the molecule is Cn1ccnc1CCCS(=O)(=O)[O-].[Cl][Zn+]. The zero-order chi connectivity index (χ0) is 11.9. The van der Waals surface area contributed by atoms with Gasteiger partial charge >= 0.3 is 27.0 Å². The Kier molecular flexibility index (Phi) is 7.35. The average molecular weight is 304 g/mol. The van der Waals surface area contributed by atoms with Crippen LogP contribution in [0.25, 0.3) is 0 Å². The Morgan fingerprint density at radius 3 is 2.60 bits per heavy atom. The first-order valence-corrected chi connectivity index (χ1v) is 9.63. The molecule has 0 unspecified atom stereocenters. The molecule has 0 radical (unpaired) electrons. The molecular weight excluding hydrogens is 293 g/mol. The molecule has 0 bridgehead atoms. The van der Waals surface area contributed by atoms with Crippen LogP contribution in [0.3, 0.4) is 0 Å². The fourth-order valence-corrected chi connectivity index (χ4v) is 1.54. The number of hydrogen-bond acceptors (Lipinski definition) is 4. The Hall–Kier alpha value is 0.0334. The summed E-state index contributed by atoms with van der Waals surface area (Å²) in [5, 5.41) is 0. The fraction of sp³-hybridized carbons (Fsp3) is 0.571. The second-order valence-electron chi connectivity index (χ2n) is 2.82. The first kappa shape index (κ1) is 15.0. The second kappa shape index (κ2) is 7.33. The molecule has 8 heteroatoms. The van der Waals surface area contributed by atoms with Crippen LogP contribution >= 0.6 is 9.69 Å². The van der Waals surface area contributed by atoms with Crippen LogP contribution in [0.4, 0.5) is 0 Å². The van der Waals surface area contributed by atoms with Gasteiger partial charge in [-0.1, -0.05) is 0 Å². The van der Waals surface area contributed by atoms with Crippen molar-refractivity contribution in [2.45, 2.75) is 12.8 Å². The van der Waals surface area contributed by atoms with E-state index in [1.165, 1.54) is 0 Å². The maximum atomic E-state index is 10.3. The Labute approximate surface area is 103 Å². The molecule has 1 aromatic rings. The van der Waals surface area contributed by atoms with E-state index in [0.29, 0.717) is 12.8 Å². The number of hydrogen-bond donors (Lipinski definition) is 0. The molecule has 0 N–H and O–H groups in total. The number of nitrogens with zero attached hydrogens (tertiary/aromatic N) is 2. The van der Waals surface area contributed by atoms with Crippen LogP contribution < -0.4 is 0 Å². The summed E-state index contributed by atoms with van der Waals surface area (Å²) in [7, 11) is 2.51. The molecule has 15 heavy (non-hydrogen) atoms. The summed E-state index contributed by atoms with van der Waals surface area (Å²) in [6.45, 7) is 0. The van der Waals surface area contributed by atoms with Crippen LogP contribution in [0.15, 0.2) is 12.4 Å². The van der Waals surface area contributed by atoms with Crippen LogP contribution in [-0.2, 0) is 40.9 Å². The van der Waals surface area contributed by atoms with Gasteiger partial charge in [0, 0.05) is 31.6 Å². The van der Waals surface area contributed by atoms with E-state index in [-0.39, 0.29) is 5.75 Å².